The molecule has 1 aromatic rings. The van der Waals surface area contributed by atoms with Gasteiger partial charge in [0, 0.05) is 23.9 Å². The molecule has 0 aliphatic heterocycles. The number of halogens is 1. The number of hydrogen-bond donors (Lipinski definition) is 2. The third kappa shape index (κ3) is 3.41. The van der Waals surface area contributed by atoms with E-state index in [4.69, 9.17) is 11.5 Å². The quantitative estimate of drug-likeness (QED) is 0.865. The number of nitrogens with two attached hydrogens (primary N) is 2. The highest BCUT2D eigenvalue weighted by Gasteiger charge is 2.26. The zero-order valence-electron chi connectivity index (χ0n) is 10.1. The Kier molecular flexibility index (Phi) is 5.89. The summed E-state index contributed by atoms with van der Waals surface area (Å²) in [5, 5.41) is 0. The van der Waals surface area contributed by atoms with E-state index < -0.39 is 0 Å². The average Bonchev–Trinajstić information content (AvgIpc) is 2.35. The van der Waals surface area contributed by atoms with Gasteiger partial charge in [-0.25, -0.2) is 0 Å². The number of rotatable bonds is 4. The zero-order chi connectivity index (χ0) is 11.4. The van der Waals surface area contributed by atoms with Crippen LogP contribution < -0.4 is 11.5 Å². The van der Waals surface area contributed by atoms with E-state index in [2.05, 4.69) is 11.1 Å². The highest BCUT2D eigenvalue weighted by atomic mass is 35.5. The smallest absolute Gasteiger partial charge is 0.0481 e. The highest BCUT2D eigenvalue weighted by molar-refractivity contribution is 5.85. The first-order chi connectivity index (χ1) is 7.83. The van der Waals surface area contributed by atoms with Crippen LogP contribution in [0.1, 0.15) is 42.9 Å². The Bertz CT molecular complexity index is 343. The molecular weight excluding hydrogens is 234 g/mol. The number of pyridine rings is 1. The van der Waals surface area contributed by atoms with Crippen molar-refractivity contribution in [2.24, 2.45) is 11.5 Å². The molecule has 4 heteroatoms. The molecule has 2 rings (SSSR count). The molecule has 1 aliphatic rings. The molecule has 17 heavy (non-hydrogen) atoms. The van der Waals surface area contributed by atoms with Crippen molar-refractivity contribution in [1.82, 2.24) is 4.98 Å². The van der Waals surface area contributed by atoms with Crippen molar-refractivity contribution < 1.29 is 0 Å². The number of fused-ring (bicyclic) bond motifs is 1. The highest BCUT2D eigenvalue weighted by Crippen LogP contribution is 2.32. The Balaban J connectivity index is 0.00000144. The van der Waals surface area contributed by atoms with Crippen LogP contribution in [0.2, 0.25) is 0 Å². The van der Waals surface area contributed by atoms with Crippen LogP contribution in [0.5, 0.6) is 0 Å². The van der Waals surface area contributed by atoms with Gasteiger partial charge in [-0.2, -0.15) is 0 Å². The molecule has 4 N–H and O–H groups in total. The molecule has 1 aliphatic carbocycles. The maximum absolute atomic E-state index is 6.25. The fraction of sp³-hybridized carbons (Fsp3) is 0.615. The third-order valence-corrected chi connectivity index (χ3v) is 3.50. The first kappa shape index (κ1) is 14.4. The van der Waals surface area contributed by atoms with Crippen molar-refractivity contribution in [3.05, 3.63) is 29.6 Å². The Labute approximate surface area is 109 Å². The Morgan fingerprint density at radius 3 is 3.06 bits per heavy atom. The van der Waals surface area contributed by atoms with E-state index in [-0.39, 0.29) is 18.4 Å². The van der Waals surface area contributed by atoms with Gasteiger partial charge < -0.3 is 11.5 Å². The molecule has 2 atom stereocenters. The number of aryl methyl sites for hydroxylation is 1. The van der Waals surface area contributed by atoms with E-state index in [1.54, 1.807) is 0 Å². The minimum absolute atomic E-state index is 0. The summed E-state index contributed by atoms with van der Waals surface area (Å²) in [7, 11) is 0. The maximum Gasteiger partial charge on any atom is 0.0481 e. The topological polar surface area (TPSA) is 64.9 Å². The lowest BCUT2D eigenvalue weighted by Gasteiger charge is -2.29. The van der Waals surface area contributed by atoms with Crippen LogP contribution in [0.25, 0.3) is 0 Å². The van der Waals surface area contributed by atoms with Crippen LogP contribution in [0, 0.1) is 0 Å². The Morgan fingerprint density at radius 2 is 2.29 bits per heavy atom. The molecule has 1 unspecified atom stereocenters. The van der Waals surface area contributed by atoms with Crippen LogP contribution in [-0.4, -0.2) is 17.6 Å². The van der Waals surface area contributed by atoms with Gasteiger partial charge >= 0.3 is 0 Å². The monoisotopic (exact) mass is 255 g/mol. The van der Waals surface area contributed by atoms with E-state index in [9.17, 15) is 0 Å². The van der Waals surface area contributed by atoms with Gasteiger partial charge in [0.05, 0.1) is 0 Å². The van der Waals surface area contributed by atoms with Crippen molar-refractivity contribution in [3.8, 4) is 0 Å². The molecule has 0 aromatic carbocycles. The van der Waals surface area contributed by atoms with Gasteiger partial charge in [0.1, 0.15) is 0 Å². The van der Waals surface area contributed by atoms with E-state index in [0.29, 0.717) is 5.92 Å². The lowest BCUT2D eigenvalue weighted by Crippen LogP contribution is -2.32. The van der Waals surface area contributed by atoms with Gasteiger partial charge in [0.15, 0.2) is 0 Å². The normalized spacial score (nSPS) is 20.2. The SMILES string of the molecule is Cl.NCCC[C@H](N)C1CCCc2cccnc21. The van der Waals surface area contributed by atoms with E-state index in [1.165, 1.54) is 24.1 Å². The molecule has 1 heterocycles. The fourth-order valence-electron chi connectivity index (χ4n) is 2.62. The largest absolute Gasteiger partial charge is 0.330 e. The minimum atomic E-state index is 0. The lowest BCUT2D eigenvalue weighted by molar-refractivity contribution is 0.426. The van der Waals surface area contributed by atoms with Gasteiger partial charge in [0.25, 0.3) is 0 Å². The third-order valence-electron chi connectivity index (χ3n) is 3.50. The molecular formula is C13H22ClN3. The molecule has 0 saturated carbocycles. The van der Waals surface area contributed by atoms with Crippen LogP contribution in [-0.2, 0) is 6.42 Å². The summed E-state index contributed by atoms with van der Waals surface area (Å²) in [6.45, 7) is 0.732. The second-order valence-corrected chi connectivity index (χ2v) is 4.64. The minimum Gasteiger partial charge on any atom is -0.330 e. The van der Waals surface area contributed by atoms with Gasteiger partial charge in [0.2, 0.25) is 0 Å². The molecule has 3 nitrogen and oxygen atoms in total. The van der Waals surface area contributed by atoms with Gasteiger partial charge in [-0.15, -0.1) is 12.4 Å². The average molecular weight is 256 g/mol. The molecule has 0 spiro atoms. The van der Waals surface area contributed by atoms with Gasteiger partial charge in [-0.1, -0.05) is 6.07 Å². The Morgan fingerprint density at radius 1 is 1.47 bits per heavy atom. The van der Waals surface area contributed by atoms with E-state index in [0.717, 1.165) is 25.8 Å². The summed E-state index contributed by atoms with van der Waals surface area (Å²) >= 11 is 0. The zero-order valence-corrected chi connectivity index (χ0v) is 11.0. The van der Waals surface area contributed by atoms with Crippen LogP contribution in [0.4, 0.5) is 0 Å². The summed E-state index contributed by atoms with van der Waals surface area (Å²) in [4.78, 5) is 4.52. The van der Waals surface area contributed by atoms with Crippen LogP contribution in [0.3, 0.4) is 0 Å². The lowest BCUT2D eigenvalue weighted by atomic mass is 9.81. The molecule has 1 aromatic heterocycles. The summed E-state index contributed by atoms with van der Waals surface area (Å²) in [5.74, 6) is 0.441. The summed E-state index contributed by atoms with van der Waals surface area (Å²) in [6.07, 6.45) is 7.47. The number of aromatic nitrogens is 1. The van der Waals surface area contributed by atoms with Gasteiger partial charge in [-0.3, -0.25) is 4.98 Å². The van der Waals surface area contributed by atoms with Crippen molar-refractivity contribution >= 4 is 12.4 Å². The van der Waals surface area contributed by atoms with Crippen molar-refractivity contribution in [2.75, 3.05) is 6.54 Å². The molecule has 0 fully saturated rings. The second kappa shape index (κ2) is 6.94. The molecule has 0 bridgehead atoms. The molecule has 0 saturated heterocycles. The maximum atomic E-state index is 6.25. The van der Waals surface area contributed by atoms with Crippen molar-refractivity contribution in [1.29, 1.82) is 0 Å². The predicted molar refractivity (Wildman–Crippen MR) is 73.4 cm³/mol. The standard InChI is InChI=1S/C13H21N3.ClH/c14-8-2-7-12(15)11-6-1-4-10-5-3-9-16-13(10)11;/h3,5,9,11-12H,1-2,4,6-8,14-15H2;1H/t11?,12-;/m0./s1. The second-order valence-electron chi connectivity index (χ2n) is 4.64. The summed E-state index contributed by atoms with van der Waals surface area (Å²) in [6, 6.07) is 4.43. The van der Waals surface area contributed by atoms with Crippen molar-refractivity contribution in [2.45, 2.75) is 44.1 Å². The van der Waals surface area contributed by atoms with Crippen LogP contribution in [0.15, 0.2) is 18.3 Å². The van der Waals surface area contributed by atoms with Crippen LogP contribution >= 0.6 is 12.4 Å². The van der Waals surface area contributed by atoms with E-state index >= 15 is 0 Å². The fourth-order valence-corrected chi connectivity index (χ4v) is 2.62. The van der Waals surface area contributed by atoms with E-state index in [1.807, 2.05) is 12.3 Å². The summed E-state index contributed by atoms with van der Waals surface area (Å²) in [5.41, 5.74) is 14.4. The molecule has 0 radical (unpaired) electrons. The number of hydrogen-bond acceptors (Lipinski definition) is 3. The predicted octanol–water partition coefficient (Wildman–Crippen LogP) is 1.99. The first-order valence-electron chi connectivity index (χ1n) is 6.22. The first-order valence-corrected chi connectivity index (χ1v) is 6.22. The summed E-state index contributed by atoms with van der Waals surface area (Å²) < 4.78 is 0. The van der Waals surface area contributed by atoms with Gasteiger partial charge in [-0.05, 0) is 50.3 Å². The Hall–Kier alpha value is -0.640. The van der Waals surface area contributed by atoms with Crippen molar-refractivity contribution in [3.63, 3.8) is 0 Å². The number of nitrogens with zero attached hydrogens (tertiary/aromatic N) is 1. The molecule has 0 amide bonds. The molecule has 96 valence electrons.